The first kappa shape index (κ1) is 6.44. The van der Waals surface area contributed by atoms with Crippen molar-refractivity contribution in [2.75, 3.05) is 6.61 Å². The largest absolute Gasteiger partial charge is 0.396 e. The summed E-state index contributed by atoms with van der Waals surface area (Å²) in [6, 6.07) is 0. The van der Waals surface area contributed by atoms with E-state index >= 15 is 0 Å². The summed E-state index contributed by atoms with van der Waals surface area (Å²) in [5.74, 6) is 0.220. The van der Waals surface area contributed by atoms with Crippen LogP contribution in [0.2, 0.25) is 0 Å². The molecule has 8 heavy (non-hydrogen) atoms. The molecule has 1 aliphatic carbocycles. The lowest BCUT2D eigenvalue weighted by molar-refractivity contribution is 0.0513. The molecule has 1 aliphatic rings. The Kier molecular flexibility index (Phi) is 1.55. The second-order valence-electron chi connectivity index (χ2n) is 2.49. The molecule has 0 aromatic carbocycles. The molecule has 3 heteroatoms. The molecular weight excluding hydrogens is 126 g/mol. The van der Waals surface area contributed by atoms with E-state index in [2.05, 4.69) is 9.24 Å². The van der Waals surface area contributed by atoms with Gasteiger partial charge in [-0.25, -0.2) is 4.39 Å². The van der Waals surface area contributed by atoms with Crippen LogP contribution in [0.25, 0.3) is 0 Å². The Balaban J connectivity index is 2.21. The Hall–Kier alpha value is 0.320. The van der Waals surface area contributed by atoms with Gasteiger partial charge in [0.2, 0.25) is 0 Å². The molecule has 1 fully saturated rings. The van der Waals surface area contributed by atoms with Crippen LogP contribution in [0, 0.1) is 5.92 Å². The van der Waals surface area contributed by atoms with Crippen molar-refractivity contribution in [3.63, 3.8) is 0 Å². The van der Waals surface area contributed by atoms with Crippen LogP contribution >= 0.6 is 9.24 Å². The highest BCUT2D eigenvalue weighted by Crippen LogP contribution is 2.45. The van der Waals surface area contributed by atoms with Crippen LogP contribution in [0.1, 0.15) is 12.8 Å². The summed E-state index contributed by atoms with van der Waals surface area (Å²) in [6.07, 6.45) is 1.02. The molecule has 1 atom stereocenters. The van der Waals surface area contributed by atoms with E-state index in [9.17, 15) is 4.39 Å². The summed E-state index contributed by atoms with van der Waals surface area (Å²) in [4.78, 5) is 0. The molecule has 1 N–H and O–H groups in total. The molecule has 1 saturated carbocycles. The standard InChI is InChI=1S/C5H10FOP/c6-5(8)1-4(2-5)3-7/h4,7H,1-3,8H2. The summed E-state index contributed by atoms with van der Waals surface area (Å²) in [5.41, 5.74) is 0. The molecule has 1 unspecified atom stereocenters. The third-order valence-corrected chi connectivity index (χ3v) is 1.99. The highest BCUT2D eigenvalue weighted by molar-refractivity contribution is 7.18. The number of alkyl halides is 1. The predicted molar refractivity (Wildman–Crippen MR) is 33.4 cm³/mol. The lowest BCUT2D eigenvalue weighted by atomic mass is 9.83. The fourth-order valence-electron chi connectivity index (χ4n) is 1.03. The SMILES string of the molecule is OCC1CC(F)(P)C1. The molecule has 1 nitrogen and oxygen atoms in total. The van der Waals surface area contributed by atoms with Crippen LogP contribution in [0.3, 0.4) is 0 Å². The quantitative estimate of drug-likeness (QED) is 0.531. The van der Waals surface area contributed by atoms with Gasteiger partial charge in [-0.2, -0.15) is 0 Å². The predicted octanol–water partition coefficient (Wildman–Crippen LogP) is 0.930. The van der Waals surface area contributed by atoms with Gasteiger partial charge in [-0.1, -0.05) is 9.24 Å². The van der Waals surface area contributed by atoms with E-state index in [1.165, 1.54) is 0 Å². The molecule has 0 bridgehead atoms. The molecule has 0 amide bonds. The zero-order chi connectivity index (χ0) is 6.20. The fraction of sp³-hybridized carbons (Fsp3) is 1.00. The third kappa shape index (κ3) is 1.18. The maximum Gasteiger partial charge on any atom is 0.124 e. The first-order valence-corrected chi connectivity index (χ1v) is 3.30. The summed E-state index contributed by atoms with van der Waals surface area (Å²) in [5, 5.41) is 7.39. The van der Waals surface area contributed by atoms with Gasteiger partial charge in [0.05, 0.1) is 0 Å². The number of aliphatic hydroxyl groups is 1. The van der Waals surface area contributed by atoms with Crippen molar-refractivity contribution in [1.29, 1.82) is 0 Å². The number of rotatable bonds is 1. The van der Waals surface area contributed by atoms with Crippen molar-refractivity contribution < 1.29 is 9.50 Å². The lowest BCUT2D eigenvalue weighted by Crippen LogP contribution is -2.35. The van der Waals surface area contributed by atoms with Crippen molar-refractivity contribution in [3.8, 4) is 0 Å². The highest BCUT2D eigenvalue weighted by Gasteiger charge is 2.39. The van der Waals surface area contributed by atoms with Crippen LogP contribution in [0.4, 0.5) is 4.39 Å². The summed E-state index contributed by atoms with van der Waals surface area (Å²) in [6.45, 7) is 0.139. The number of hydrogen-bond donors (Lipinski definition) is 1. The van der Waals surface area contributed by atoms with Crippen LogP contribution in [-0.2, 0) is 0 Å². The molecule has 0 saturated heterocycles. The van der Waals surface area contributed by atoms with Gasteiger partial charge in [-0.05, 0) is 18.8 Å². The van der Waals surface area contributed by atoms with Gasteiger partial charge in [0.15, 0.2) is 0 Å². The second kappa shape index (κ2) is 1.93. The average Bonchev–Trinajstić information content (AvgIpc) is 1.60. The molecule has 0 aromatic rings. The maximum absolute atomic E-state index is 12.5. The van der Waals surface area contributed by atoms with Crippen molar-refractivity contribution in [3.05, 3.63) is 0 Å². The van der Waals surface area contributed by atoms with E-state index in [-0.39, 0.29) is 12.5 Å². The van der Waals surface area contributed by atoms with E-state index < -0.39 is 5.41 Å². The smallest absolute Gasteiger partial charge is 0.124 e. The van der Waals surface area contributed by atoms with Gasteiger partial charge in [0.25, 0.3) is 0 Å². The van der Waals surface area contributed by atoms with Gasteiger partial charge in [0.1, 0.15) is 5.41 Å². The zero-order valence-electron chi connectivity index (χ0n) is 4.60. The molecule has 0 radical (unpaired) electrons. The number of halogens is 1. The first-order valence-electron chi connectivity index (χ1n) is 2.73. The molecular formula is C5H10FOP. The highest BCUT2D eigenvalue weighted by atomic mass is 31.0. The van der Waals surface area contributed by atoms with E-state index in [1.54, 1.807) is 0 Å². The van der Waals surface area contributed by atoms with E-state index in [1.807, 2.05) is 0 Å². The van der Waals surface area contributed by atoms with Gasteiger partial charge in [-0.3, -0.25) is 0 Å². The molecule has 48 valence electrons. The number of hydrogen-bond acceptors (Lipinski definition) is 1. The Morgan fingerprint density at radius 3 is 2.38 bits per heavy atom. The van der Waals surface area contributed by atoms with Crippen molar-refractivity contribution >= 4 is 9.24 Å². The molecule has 0 aliphatic heterocycles. The Morgan fingerprint density at radius 2 is 2.25 bits per heavy atom. The molecule has 0 aromatic heterocycles. The molecule has 0 heterocycles. The Morgan fingerprint density at radius 1 is 1.75 bits per heavy atom. The monoisotopic (exact) mass is 136 g/mol. The minimum Gasteiger partial charge on any atom is -0.396 e. The fourth-order valence-corrected chi connectivity index (χ4v) is 1.70. The summed E-state index contributed by atoms with van der Waals surface area (Å²) < 4.78 is 12.5. The molecule has 0 spiro atoms. The Labute approximate surface area is 50.5 Å². The van der Waals surface area contributed by atoms with E-state index in [0.29, 0.717) is 12.8 Å². The van der Waals surface area contributed by atoms with Crippen molar-refractivity contribution in [1.82, 2.24) is 0 Å². The minimum absolute atomic E-state index is 0.139. The van der Waals surface area contributed by atoms with E-state index in [4.69, 9.17) is 5.11 Å². The van der Waals surface area contributed by atoms with Crippen LogP contribution in [-0.4, -0.2) is 17.1 Å². The minimum atomic E-state index is -1.05. The maximum atomic E-state index is 12.5. The molecule has 1 rings (SSSR count). The first-order chi connectivity index (χ1) is 3.64. The normalized spacial score (nSPS) is 46.1. The van der Waals surface area contributed by atoms with Crippen molar-refractivity contribution in [2.24, 2.45) is 5.92 Å². The Bertz CT molecular complexity index is 86.4. The van der Waals surface area contributed by atoms with Crippen LogP contribution < -0.4 is 0 Å². The summed E-state index contributed by atoms with van der Waals surface area (Å²) >= 11 is 0. The van der Waals surface area contributed by atoms with Gasteiger partial charge in [0, 0.05) is 6.61 Å². The second-order valence-corrected chi connectivity index (χ2v) is 3.53. The lowest BCUT2D eigenvalue weighted by Gasteiger charge is -2.37. The topological polar surface area (TPSA) is 20.2 Å². The average molecular weight is 136 g/mol. The van der Waals surface area contributed by atoms with Crippen LogP contribution in [0.15, 0.2) is 0 Å². The van der Waals surface area contributed by atoms with Crippen molar-refractivity contribution in [2.45, 2.75) is 18.3 Å². The third-order valence-electron chi connectivity index (χ3n) is 1.51. The van der Waals surface area contributed by atoms with Gasteiger partial charge >= 0.3 is 0 Å². The van der Waals surface area contributed by atoms with Crippen LogP contribution in [0.5, 0.6) is 0 Å². The summed E-state index contributed by atoms with van der Waals surface area (Å²) in [7, 11) is 2.15. The number of aliphatic hydroxyl groups excluding tert-OH is 1. The van der Waals surface area contributed by atoms with Gasteiger partial charge < -0.3 is 5.11 Å². The van der Waals surface area contributed by atoms with Gasteiger partial charge in [-0.15, -0.1) is 0 Å². The zero-order valence-corrected chi connectivity index (χ0v) is 5.76. The van der Waals surface area contributed by atoms with E-state index in [0.717, 1.165) is 0 Å².